The highest BCUT2D eigenvalue weighted by atomic mass is 16.4. The monoisotopic (exact) mass is 191 g/mol. The average molecular weight is 191 g/mol. The van der Waals surface area contributed by atoms with Crippen molar-refractivity contribution in [2.75, 3.05) is 0 Å². The van der Waals surface area contributed by atoms with E-state index >= 15 is 0 Å². The smallest absolute Gasteiger partial charge is 0.310 e. The van der Waals surface area contributed by atoms with Crippen LogP contribution >= 0.6 is 0 Å². The van der Waals surface area contributed by atoms with Gasteiger partial charge in [-0.1, -0.05) is 5.21 Å². The van der Waals surface area contributed by atoms with E-state index in [0.29, 0.717) is 0 Å². The van der Waals surface area contributed by atoms with E-state index in [2.05, 4.69) is 10.3 Å². The molecule has 0 aliphatic heterocycles. The minimum Gasteiger partial charge on any atom is -0.481 e. The van der Waals surface area contributed by atoms with Crippen molar-refractivity contribution in [3.63, 3.8) is 0 Å². The Hall–Kier alpha value is -1.91. The second-order valence-electron chi connectivity index (χ2n) is 3.12. The fourth-order valence-electron chi connectivity index (χ4n) is 1.26. The average Bonchev–Trinajstić information content (AvgIpc) is 2.62. The summed E-state index contributed by atoms with van der Waals surface area (Å²) < 4.78 is 1.60. The standard InChI is InChI=1S/C9H9N3O2/c1-6(9(13)14)7-2-3-12-8(4-7)5-10-11-12/h2-6H,1H3,(H,13,14). The van der Waals surface area contributed by atoms with Crippen LogP contribution in [-0.4, -0.2) is 25.9 Å². The lowest BCUT2D eigenvalue weighted by Crippen LogP contribution is -2.07. The Balaban J connectivity index is 2.48. The Morgan fingerprint density at radius 1 is 1.64 bits per heavy atom. The van der Waals surface area contributed by atoms with Crippen molar-refractivity contribution in [1.82, 2.24) is 14.8 Å². The van der Waals surface area contributed by atoms with Crippen LogP contribution in [0.5, 0.6) is 0 Å². The van der Waals surface area contributed by atoms with Gasteiger partial charge in [0.15, 0.2) is 0 Å². The van der Waals surface area contributed by atoms with Crippen molar-refractivity contribution in [3.8, 4) is 0 Å². The Kier molecular flexibility index (Phi) is 1.92. The maximum absolute atomic E-state index is 10.7. The van der Waals surface area contributed by atoms with Gasteiger partial charge in [0.25, 0.3) is 0 Å². The molecule has 2 rings (SSSR count). The maximum atomic E-state index is 10.7. The normalized spacial score (nSPS) is 12.9. The number of pyridine rings is 1. The van der Waals surface area contributed by atoms with E-state index < -0.39 is 11.9 Å². The van der Waals surface area contributed by atoms with Crippen molar-refractivity contribution in [2.24, 2.45) is 0 Å². The first-order chi connectivity index (χ1) is 6.68. The van der Waals surface area contributed by atoms with Gasteiger partial charge < -0.3 is 5.11 Å². The van der Waals surface area contributed by atoms with Crippen LogP contribution in [0.3, 0.4) is 0 Å². The summed E-state index contributed by atoms with van der Waals surface area (Å²) in [6.07, 6.45) is 3.30. The molecule has 2 heterocycles. The zero-order valence-electron chi connectivity index (χ0n) is 7.58. The van der Waals surface area contributed by atoms with Gasteiger partial charge in [-0.3, -0.25) is 4.79 Å². The van der Waals surface area contributed by atoms with Gasteiger partial charge in [0, 0.05) is 6.20 Å². The van der Waals surface area contributed by atoms with Crippen molar-refractivity contribution < 1.29 is 9.90 Å². The molecule has 0 aliphatic rings. The molecule has 2 aromatic rings. The van der Waals surface area contributed by atoms with Crippen LogP contribution in [0.15, 0.2) is 24.5 Å². The number of hydrogen-bond donors (Lipinski definition) is 1. The molecule has 72 valence electrons. The molecule has 0 bridgehead atoms. The van der Waals surface area contributed by atoms with Gasteiger partial charge >= 0.3 is 5.97 Å². The molecule has 1 atom stereocenters. The number of hydrogen-bond acceptors (Lipinski definition) is 3. The van der Waals surface area contributed by atoms with Gasteiger partial charge in [-0.05, 0) is 24.6 Å². The van der Waals surface area contributed by atoms with Gasteiger partial charge in [0.2, 0.25) is 0 Å². The van der Waals surface area contributed by atoms with Crippen molar-refractivity contribution in [1.29, 1.82) is 0 Å². The van der Waals surface area contributed by atoms with Crippen LogP contribution in [0, 0.1) is 0 Å². The fourth-order valence-corrected chi connectivity index (χ4v) is 1.26. The highest BCUT2D eigenvalue weighted by Gasteiger charge is 2.13. The molecule has 1 unspecified atom stereocenters. The number of carbonyl (C=O) groups is 1. The largest absolute Gasteiger partial charge is 0.481 e. The van der Waals surface area contributed by atoms with E-state index in [9.17, 15) is 4.79 Å². The van der Waals surface area contributed by atoms with Gasteiger partial charge in [-0.2, -0.15) is 0 Å². The van der Waals surface area contributed by atoms with Crippen LogP contribution in [-0.2, 0) is 4.79 Å². The summed E-state index contributed by atoms with van der Waals surface area (Å²) >= 11 is 0. The number of carboxylic acid groups (broad SMARTS) is 1. The topological polar surface area (TPSA) is 67.5 Å². The molecule has 0 amide bonds. The van der Waals surface area contributed by atoms with E-state index in [4.69, 9.17) is 5.11 Å². The third-order valence-electron chi connectivity index (χ3n) is 2.20. The molecule has 5 nitrogen and oxygen atoms in total. The van der Waals surface area contributed by atoms with Crippen molar-refractivity contribution in [3.05, 3.63) is 30.1 Å². The highest BCUT2D eigenvalue weighted by Crippen LogP contribution is 2.16. The van der Waals surface area contributed by atoms with Gasteiger partial charge in [0.05, 0.1) is 17.6 Å². The summed E-state index contributed by atoms with van der Waals surface area (Å²) in [7, 11) is 0. The minimum absolute atomic E-state index is 0.505. The lowest BCUT2D eigenvalue weighted by atomic mass is 10.0. The van der Waals surface area contributed by atoms with E-state index in [-0.39, 0.29) is 0 Å². The predicted molar refractivity (Wildman–Crippen MR) is 49.0 cm³/mol. The molecule has 0 radical (unpaired) electrons. The maximum Gasteiger partial charge on any atom is 0.310 e. The van der Waals surface area contributed by atoms with E-state index in [0.717, 1.165) is 11.1 Å². The van der Waals surface area contributed by atoms with Crippen LogP contribution in [0.2, 0.25) is 0 Å². The molecule has 0 saturated carbocycles. The Morgan fingerprint density at radius 2 is 2.43 bits per heavy atom. The fraction of sp³-hybridized carbons (Fsp3) is 0.222. The Bertz CT molecular complexity index is 478. The summed E-state index contributed by atoms with van der Waals surface area (Å²) in [6.45, 7) is 1.65. The number of aliphatic carboxylic acids is 1. The SMILES string of the molecule is CC(C(=O)O)c1ccn2nncc2c1. The first-order valence-electron chi connectivity index (χ1n) is 4.21. The van der Waals surface area contributed by atoms with Gasteiger partial charge in [0.1, 0.15) is 0 Å². The molecule has 0 saturated heterocycles. The molecule has 0 fully saturated rings. The second-order valence-corrected chi connectivity index (χ2v) is 3.12. The Morgan fingerprint density at radius 3 is 3.14 bits per heavy atom. The number of nitrogens with zero attached hydrogens (tertiary/aromatic N) is 3. The van der Waals surface area contributed by atoms with Crippen LogP contribution in [0.1, 0.15) is 18.4 Å². The zero-order chi connectivity index (χ0) is 10.1. The molecular weight excluding hydrogens is 182 g/mol. The number of rotatable bonds is 2. The Labute approximate surface area is 80.0 Å². The van der Waals surface area contributed by atoms with E-state index in [1.54, 1.807) is 36.0 Å². The molecule has 14 heavy (non-hydrogen) atoms. The lowest BCUT2D eigenvalue weighted by molar-refractivity contribution is -0.138. The summed E-state index contributed by atoms with van der Waals surface area (Å²) in [4.78, 5) is 10.7. The molecular formula is C9H9N3O2. The third kappa shape index (κ3) is 1.32. The zero-order valence-corrected chi connectivity index (χ0v) is 7.58. The molecule has 0 spiro atoms. The van der Waals surface area contributed by atoms with Crippen LogP contribution < -0.4 is 0 Å². The summed E-state index contributed by atoms with van der Waals surface area (Å²) in [5.41, 5.74) is 1.56. The van der Waals surface area contributed by atoms with Crippen LogP contribution in [0.4, 0.5) is 0 Å². The van der Waals surface area contributed by atoms with Gasteiger partial charge in [-0.25, -0.2) is 4.52 Å². The van der Waals surface area contributed by atoms with Crippen molar-refractivity contribution >= 4 is 11.5 Å². The minimum atomic E-state index is -0.832. The predicted octanol–water partition coefficient (Wildman–Crippen LogP) is 0.917. The first-order valence-corrected chi connectivity index (χ1v) is 4.21. The summed E-state index contributed by atoms with van der Waals surface area (Å²) in [5, 5.41) is 16.3. The lowest BCUT2D eigenvalue weighted by Gasteiger charge is -2.05. The highest BCUT2D eigenvalue weighted by molar-refractivity contribution is 5.76. The molecule has 5 heteroatoms. The third-order valence-corrected chi connectivity index (χ3v) is 2.20. The van der Waals surface area contributed by atoms with E-state index in [1.807, 2.05) is 0 Å². The summed E-state index contributed by atoms with van der Waals surface area (Å²) in [5.74, 6) is -1.34. The molecule has 2 aromatic heterocycles. The molecule has 1 N–H and O–H groups in total. The molecule has 0 aliphatic carbocycles. The number of carboxylic acids is 1. The van der Waals surface area contributed by atoms with E-state index in [1.165, 1.54) is 0 Å². The van der Waals surface area contributed by atoms with Crippen LogP contribution in [0.25, 0.3) is 5.52 Å². The number of aromatic nitrogens is 3. The van der Waals surface area contributed by atoms with Crippen molar-refractivity contribution in [2.45, 2.75) is 12.8 Å². The summed E-state index contributed by atoms with van der Waals surface area (Å²) in [6, 6.07) is 3.51. The first kappa shape index (κ1) is 8.68. The molecule has 0 aromatic carbocycles. The second kappa shape index (κ2) is 3.10. The number of fused-ring (bicyclic) bond motifs is 1. The quantitative estimate of drug-likeness (QED) is 0.766. The van der Waals surface area contributed by atoms with Gasteiger partial charge in [-0.15, -0.1) is 5.10 Å².